The highest BCUT2D eigenvalue weighted by molar-refractivity contribution is 6.34. The maximum atomic E-state index is 14.2. The van der Waals surface area contributed by atoms with E-state index in [9.17, 15) is 13.2 Å². The molecule has 0 amide bonds. The third-order valence-corrected chi connectivity index (χ3v) is 3.59. The molecule has 1 aliphatic heterocycles. The van der Waals surface area contributed by atoms with Crippen LogP contribution in [0, 0.1) is 12.7 Å². The zero-order chi connectivity index (χ0) is 15.5. The quantitative estimate of drug-likeness (QED) is 0.819. The van der Waals surface area contributed by atoms with Gasteiger partial charge in [0.15, 0.2) is 5.82 Å². The summed E-state index contributed by atoms with van der Waals surface area (Å²) in [4.78, 5) is 0. The van der Waals surface area contributed by atoms with E-state index in [1.54, 1.807) is 20.8 Å². The molecule has 1 aromatic carbocycles. The van der Waals surface area contributed by atoms with Gasteiger partial charge in [-0.05, 0) is 26.8 Å². The van der Waals surface area contributed by atoms with Gasteiger partial charge in [-0.1, -0.05) is 5.46 Å². The number of anilines is 1. The molecule has 108 valence electrons. The molecule has 0 spiro atoms. The number of nitrogens with one attached hydrogen (secondary N) is 1. The molecule has 0 unspecified atom stereocenters. The number of hydrogen-bond acceptors (Lipinski definition) is 3. The average Bonchev–Trinajstić information content (AvgIpc) is 2.74. The van der Waals surface area contributed by atoms with Gasteiger partial charge < -0.3 is 5.32 Å². The maximum absolute atomic E-state index is 14.2. The predicted octanol–water partition coefficient (Wildman–Crippen LogP) is 2.11. The molecule has 3 rings (SSSR count). The van der Waals surface area contributed by atoms with Crippen LogP contribution in [0.2, 0.25) is 0 Å². The minimum absolute atomic E-state index is 0.0140. The fourth-order valence-electron chi connectivity index (χ4n) is 2.65. The Hall–Kier alpha value is -1.99. The first-order valence-electron chi connectivity index (χ1n) is 6.35. The third kappa shape index (κ3) is 1.85. The molecular formula is C13H12BF3N4. The summed E-state index contributed by atoms with van der Waals surface area (Å²) in [7, 11) is 5.59. The van der Waals surface area contributed by atoms with Gasteiger partial charge >= 0.3 is 0 Å². The second-order valence-electron chi connectivity index (χ2n) is 5.54. The summed E-state index contributed by atoms with van der Waals surface area (Å²) in [6.45, 7) is 5.17. The molecule has 0 saturated carbocycles. The molecule has 1 aromatic heterocycles. The van der Waals surface area contributed by atoms with Crippen molar-refractivity contribution >= 4 is 19.0 Å². The van der Waals surface area contributed by atoms with Crippen LogP contribution in [0.25, 0.3) is 5.69 Å². The topological polar surface area (TPSA) is 42.7 Å². The maximum Gasteiger partial charge on any atom is 0.265 e. The molecule has 21 heavy (non-hydrogen) atoms. The lowest BCUT2D eigenvalue weighted by atomic mass is 9.86. The van der Waals surface area contributed by atoms with Gasteiger partial charge in [-0.2, -0.15) is 0 Å². The van der Waals surface area contributed by atoms with Crippen LogP contribution in [0.1, 0.15) is 37.5 Å². The van der Waals surface area contributed by atoms with Gasteiger partial charge in [0.05, 0.1) is 16.9 Å². The first-order valence-corrected chi connectivity index (χ1v) is 6.35. The molecule has 0 saturated heterocycles. The molecule has 0 atom stereocenters. The smallest absolute Gasteiger partial charge is 0.265 e. The molecule has 1 aliphatic rings. The molecule has 8 heteroatoms. The normalized spacial score (nSPS) is 15.6. The van der Waals surface area contributed by atoms with Crippen molar-refractivity contribution in [1.82, 2.24) is 14.8 Å². The summed E-state index contributed by atoms with van der Waals surface area (Å²) in [6, 6.07) is 0.911. The number of aromatic nitrogens is 3. The Morgan fingerprint density at radius 2 is 2.00 bits per heavy atom. The van der Waals surface area contributed by atoms with Crippen LogP contribution >= 0.6 is 0 Å². The van der Waals surface area contributed by atoms with Crippen molar-refractivity contribution in [3.63, 3.8) is 0 Å². The van der Waals surface area contributed by atoms with Crippen LogP contribution in [-0.4, -0.2) is 22.6 Å². The van der Waals surface area contributed by atoms with E-state index in [-0.39, 0.29) is 16.8 Å². The molecule has 2 radical (unpaired) electrons. The number of fused-ring (bicyclic) bond motifs is 3. The van der Waals surface area contributed by atoms with Crippen molar-refractivity contribution < 1.29 is 13.2 Å². The second kappa shape index (κ2) is 4.25. The highest BCUT2D eigenvalue weighted by atomic mass is 19.3. The number of nitrogens with zero attached hydrogens (tertiary/aromatic N) is 3. The second-order valence-corrected chi connectivity index (χ2v) is 5.54. The fraction of sp³-hybridized carbons (Fsp3) is 0.385. The van der Waals surface area contributed by atoms with Crippen molar-refractivity contribution in [3.05, 3.63) is 29.1 Å². The van der Waals surface area contributed by atoms with E-state index in [1.807, 2.05) is 0 Å². The Kier molecular flexibility index (Phi) is 2.83. The third-order valence-electron chi connectivity index (χ3n) is 3.59. The van der Waals surface area contributed by atoms with Crippen molar-refractivity contribution in [2.75, 3.05) is 5.32 Å². The van der Waals surface area contributed by atoms with Gasteiger partial charge in [0, 0.05) is 5.56 Å². The summed E-state index contributed by atoms with van der Waals surface area (Å²) in [5.41, 5.74) is -1.48. The SMILES string of the molecule is [B]c1cc(F)c2c(c1C(F)F)-n1c(C)nnc1C(C)(C)N2. The zero-order valence-corrected chi connectivity index (χ0v) is 11.7. The van der Waals surface area contributed by atoms with E-state index < -0.39 is 23.3 Å². The lowest BCUT2D eigenvalue weighted by Crippen LogP contribution is -2.38. The Morgan fingerprint density at radius 1 is 1.33 bits per heavy atom. The van der Waals surface area contributed by atoms with Crippen LogP contribution in [0.4, 0.5) is 18.9 Å². The minimum atomic E-state index is -2.84. The summed E-state index contributed by atoms with van der Waals surface area (Å²) < 4.78 is 42.4. The van der Waals surface area contributed by atoms with Crippen molar-refractivity contribution in [1.29, 1.82) is 0 Å². The van der Waals surface area contributed by atoms with Crippen molar-refractivity contribution in [2.24, 2.45) is 0 Å². The number of alkyl halides is 2. The Labute approximate surface area is 120 Å². The lowest BCUT2D eigenvalue weighted by molar-refractivity contribution is 0.152. The minimum Gasteiger partial charge on any atom is -0.369 e. The van der Waals surface area contributed by atoms with Crippen LogP contribution in [0.5, 0.6) is 0 Å². The monoisotopic (exact) mass is 292 g/mol. The highest BCUT2D eigenvalue weighted by Gasteiger charge is 2.38. The van der Waals surface area contributed by atoms with Gasteiger partial charge in [-0.15, -0.1) is 10.2 Å². The van der Waals surface area contributed by atoms with Gasteiger partial charge in [-0.25, -0.2) is 13.2 Å². The average molecular weight is 292 g/mol. The Bertz CT molecular complexity index is 740. The molecule has 0 bridgehead atoms. The number of rotatable bonds is 1. The Balaban J connectivity index is 2.46. The molecule has 4 nitrogen and oxygen atoms in total. The van der Waals surface area contributed by atoms with Crippen molar-refractivity contribution in [3.8, 4) is 5.69 Å². The van der Waals surface area contributed by atoms with E-state index in [0.717, 1.165) is 6.07 Å². The first kappa shape index (κ1) is 14.0. The van der Waals surface area contributed by atoms with Gasteiger partial charge in [0.1, 0.15) is 19.5 Å². The van der Waals surface area contributed by atoms with Crippen molar-refractivity contribution in [2.45, 2.75) is 32.7 Å². The molecular weight excluding hydrogens is 280 g/mol. The van der Waals surface area contributed by atoms with E-state index in [0.29, 0.717) is 11.6 Å². The summed E-state index contributed by atoms with van der Waals surface area (Å²) in [5.74, 6) is 0.144. The van der Waals surface area contributed by atoms with Crippen LogP contribution in [-0.2, 0) is 5.54 Å². The van der Waals surface area contributed by atoms with E-state index in [4.69, 9.17) is 7.85 Å². The molecule has 0 fully saturated rings. The molecule has 0 aliphatic carbocycles. The van der Waals surface area contributed by atoms with Crippen LogP contribution < -0.4 is 10.8 Å². The Morgan fingerprint density at radius 3 is 2.62 bits per heavy atom. The summed E-state index contributed by atoms with van der Waals surface area (Å²) >= 11 is 0. The van der Waals surface area contributed by atoms with Gasteiger partial charge in [-0.3, -0.25) is 4.57 Å². The molecule has 2 aromatic rings. The molecule has 1 N–H and O–H groups in total. The van der Waals surface area contributed by atoms with E-state index >= 15 is 0 Å². The summed E-state index contributed by atoms with van der Waals surface area (Å²) in [6.07, 6.45) is -2.84. The number of halogens is 3. The standard InChI is InChI=1S/C13H12BF3N4/c1-5-19-20-12-13(2,3)18-9-7(15)4-6(14)8(11(16)17)10(9)21(5)12/h4,11,18H,1-3H3. The zero-order valence-electron chi connectivity index (χ0n) is 11.7. The van der Waals surface area contributed by atoms with Crippen LogP contribution in [0.15, 0.2) is 6.07 Å². The highest BCUT2D eigenvalue weighted by Crippen LogP contribution is 2.41. The summed E-state index contributed by atoms with van der Waals surface area (Å²) in [5, 5.41) is 10.8. The number of aryl methyl sites for hydroxylation is 1. The van der Waals surface area contributed by atoms with Gasteiger partial charge in [0.2, 0.25) is 0 Å². The molecule has 2 heterocycles. The number of benzene rings is 1. The predicted molar refractivity (Wildman–Crippen MR) is 73.0 cm³/mol. The first-order chi connectivity index (χ1) is 9.74. The van der Waals surface area contributed by atoms with E-state index in [2.05, 4.69) is 15.5 Å². The van der Waals surface area contributed by atoms with Crippen LogP contribution in [0.3, 0.4) is 0 Å². The van der Waals surface area contributed by atoms with Gasteiger partial charge in [0.25, 0.3) is 6.43 Å². The number of hydrogen-bond donors (Lipinski definition) is 1. The largest absolute Gasteiger partial charge is 0.369 e. The lowest BCUT2D eigenvalue weighted by Gasteiger charge is -2.35. The van der Waals surface area contributed by atoms with E-state index in [1.165, 1.54) is 4.57 Å². The fourth-order valence-corrected chi connectivity index (χ4v) is 2.65.